The Morgan fingerprint density at radius 1 is 1.09 bits per heavy atom. The van der Waals surface area contributed by atoms with Crippen molar-refractivity contribution in [3.8, 4) is 5.75 Å². The Bertz CT molecular complexity index is 922. The van der Waals surface area contributed by atoms with Crippen molar-refractivity contribution in [1.82, 2.24) is 9.80 Å². The lowest BCUT2D eigenvalue weighted by Gasteiger charge is -2.45. The second-order valence-corrected chi connectivity index (χ2v) is 9.40. The summed E-state index contributed by atoms with van der Waals surface area (Å²) in [4.78, 5) is 19.6. The average Bonchev–Trinajstić information content (AvgIpc) is 2.86. The smallest absolute Gasteiger partial charge is 0.224 e. The lowest BCUT2D eigenvalue weighted by atomic mass is 9.91. The fourth-order valence-corrected chi connectivity index (χ4v) is 5.06. The third-order valence-corrected chi connectivity index (χ3v) is 6.93. The van der Waals surface area contributed by atoms with E-state index in [1.165, 1.54) is 16.8 Å². The van der Waals surface area contributed by atoms with Gasteiger partial charge in [-0.1, -0.05) is 38.1 Å². The van der Waals surface area contributed by atoms with Crippen molar-refractivity contribution >= 4 is 11.6 Å². The summed E-state index contributed by atoms with van der Waals surface area (Å²) in [6.45, 7) is 9.08. The molecule has 0 aliphatic carbocycles. The maximum atomic E-state index is 12.7. The molecule has 2 atom stereocenters. The number of fused-ring (bicyclic) bond motifs is 1. The molecule has 2 aliphatic heterocycles. The number of methoxy groups -OCH3 is 1. The largest absolute Gasteiger partial charge is 0.497 e. The quantitative estimate of drug-likeness (QED) is 0.644. The highest BCUT2D eigenvalue weighted by atomic mass is 16.5. The molecule has 1 fully saturated rings. The fourth-order valence-electron chi connectivity index (χ4n) is 5.06. The van der Waals surface area contributed by atoms with Crippen molar-refractivity contribution in [3.05, 3.63) is 59.7 Å². The van der Waals surface area contributed by atoms with E-state index in [9.17, 15) is 4.79 Å². The molecule has 2 aromatic rings. The molecule has 2 aromatic carbocycles. The summed E-state index contributed by atoms with van der Waals surface area (Å²) in [5.41, 5.74) is 3.86. The molecule has 0 aromatic heterocycles. The molecule has 0 bridgehead atoms. The molecule has 33 heavy (non-hydrogen) atoms. The second kappa shape index (κ2) is 10.6. The molecule has 2 aliphatic rings. The zero-order chi connectivity index (χ0) is 23.4. The number of carbonyl (C=O) groups excluding carboxylic acids is 1. The Balaban J connectivity index is 1.52. The van der Waals surface area contributed by atoms with Gasteiger partial charge in [-0.05, 0) is 41.8 Å². The number of benzene rings is 2. The first kappa shape index (κ1) is 23.6. The molecule has 1 amide bonds. The van der Waals surface area contributed by atoms with Crippen molar-refractivity contribution in [2.45, 2.75) is 32.4 Å². The van der Waals surface area contributed by atoms with Crippen molar-refractivity contribution in [2.24, 2.45) is 5.92 Å². The number of carbonyl (C=O) groups is 1. The molecule has 2 unspecified atom stereocenters. The van der Waals surface area contributed by atoms with Crippen LogP contribution < -0.4 is 9.64 Å². The molecule has 1 saturated heterocycles. The van der Waals surface area contributed by atoms with Crippen LogP contribution in [0, 0.1) is 5.92 Å². The van der Waals surface area contributed by atoms with Crippen molar-refractivity contribution in [3.63, 3.8) is 0 Å². The van der Waals surface area contributed by atoms with E-state index >= 15 is 0 Å². The predicted octanol–water partition coefficient (Wildman–Crippen LogP) is 3.61. The first-order valence-electron chi connectivity index (χ1n) is 12.1. The number of ether oxygens (including phenoxy) is 2. The maximum absolute atomic E-state index is 12.7. The van der Waals surface area contributed by atoms with Crippen molar-refractivity contribution in [2.75, 3.05) is 58.4 Å². The summed E-state index contributed by atoms with van der Waals surface area (Å²) in [6.07, 6.45) is 0.927. The van der Waals surface area contributed by atoms with Crippen LogP contribution in [0.5, 0.6) is 5.75 Å². The molecule has 2 heterocycles. The standard InChI is InChI=1S/C27H37N3O3/c1-20(2)27(31)28(3)19-25(26-24-8-6-5-7-21(24)13-18-33-26)30-16-14-29(15-17-30)22-9-11-23(32-4)12-10-22/h5-12,20,25-26H,13-19H2,1-4H3. The third-order valence-electron chi connectivity index (χ3n) is 6.93. The molecular weight excluding hydrogens is 414 g/mol. The molecule has 6 nitrogen and oxygen atoms in total. The summed E-state index contributed by atoms with van der Waals surface area (Å²) in [5.74, 6) is 1.05. The van der Waals surface area contributed by atoms with Crippen molar-refractivity contribution < 1.29 is 14.3 Å². The Morgan fingerprint density at radius 2 is 1.79 bits per heavy atom. The van der Waals surface area contributed by atoms with Crippen LogP contribution in [0.15, 0.2) is 48.5 Å². The minimum absolute atomic E-state index is 0.0119. The lowest BCUT2D eigenvalue weighted by molar-refractivity contribution is -0.135. The summed E-state index contributed by atoms with van der Waals surface area (Å²) < 4.78 is 11.7. The van der Waals surface area contributed by atoms with Crippen LogP contribution in [0.4, 0.5) is 5.69 Å². The molecule has 0 spiro atoms. The number of hydrogen-bond acceptors (Lipinski definition) is 5. The number of amides is 1. The first-order chi connectivity index (χ1) is 16.0. The van der Waals surface area contributed by atoms with Gasteiger partial charge in [0.05, 0.1) is 25.9 Å². The summed E-state index contributed by atoms with van der Waals surface area (Å²) in [5, 5.41) is 0. The number of likely N-dealkylation sites (N-methyl/N-ethyl adjacent to an activating group) is 1. The van der Waals surface area contributed by atoms with Crippen LogP contribution >= 0.6 is 0 Å². The van der Waals surface area contributed by atoms with E-state index in [1.54, 1.807) is 7.11 Å². The predicted molar refractivity (Wildman–Crippen MR) is 132 cm³/mol. The van der Waals surface area contributed by atoms with Crippen LogP contribution in [0.25, 0.3) is 0 Å². The molecule has 6 heteroatoms. The first-order valence-corrected chi connectivity index (χ1v) is 12.1. The van der Waals surface area contributed by atoms with Gasteiger partial charge in [0.15, 0.2) is 0 Å². The summed E-state index contributed by atoms with van der Waals surface area (Å²) in [6, 6.07) is 17.0. The number of piperazine rings is 1. The van der Waals surface area contributed by atoms with Crippen LogP contribution in [0.3, 0.4) is 0 Å². The van der Waals surface area contributed by atoms with E-state index in [2.05, 4.69) is 46.2 Å². The van der Waals surface area contributed by atoms with E-state index in [0.29, 0.717) is 6.54 Å². The highest BCUT2D eigenvalue weighted by Gasteiger charge is 2.36. The van der Waals surface area contributed by atoms with Gasteiger partial charge < -0.3 is 19.3 Å². The van der Waals surface area contributed by atoms with E-state index < -0.39 is 0 Å². The van der Waals surface area contributed by atoms with Crippen LogP contribution in [0.2, 0.25) is 0 Å². The van der Waals surface area contributed by atoms with E-state index in [4.69, 9.17) is 9.47 Å². The monoisotopic (exact) mass is 451 g/mol. The van der Waals surface area contributed by atoms with Crippen molar-refractivity contribution in [1.29, 1.82) is 0 Å². The third kappa shape index (κ3) is 5.33. The molecule has 4 rings (SSSR count). The fraction of sp³-hybridized carbons (Fsp3) is 0.519. The SMILES string of the molecule is COc1ccc(N2CCN(C(CN(C)C(=O)C(C)C)C3OCCc4ccccc43)CC2)cc1. The van der Waals surface area contributed by atoms with Gasteiger partial charge in [-0.25, -0.2) is 0 Å². The maximum Gasteiger partial charge on any atom is 0.224 e. The Hall–Kier alpha value is -2.57. The van der Waals surface area contributed by atoms with Gasteiger partial charge >= 0.3 is 0 Å². The Morgan fingerprint density at radius 3 is 2.45 bits per heavy atom. The molecule has 178 valence electrons. The van der Waals surface area contributed by atoms with Gasteiger partial charge in [-0.3, -0.25) is 9.69 Å². The highest BCUT2D eigenvalue weighted by molar-refractivity contribution is 5.77. The molecular formula is C27H37N3O3. The molecule has 0 radical (unpaired) electrons. The summed E-state index contributed by atoms with van der Waals surface area (Å²) in [7, 11) is 3.62. The molecule has 0 N–H and O–H groups in total. The minimum Gasteiger partial charge on any atom is -0.497 e. The highest BCUT2D eigenvalue weighted by Crippen LogP contribution is 2.33. The normalized spacial score (nSPS) is 19.8. The zero-order valence-corrected chi connectivity index (χ0v) is 20.4. The Kier molecular flexibility index (Phi) is 7.56. The van der Waals surface area contributed by atoms with Crippen LogP contribution in [0.1, 0.15) is 31.1 Å². The van der Waals surface area contributed by atoms with Gasteiger partial charge in [0, 0.05) is 51.4 Å². The Labute approximate surface area is 198 Å². The topological polar surface area (TPSA) is 45.2 Å². The van der Waals surface area contributed by atoms with Gasteiger partial charge in [-0.2, -0.15) is 0 Å². The number of nitrogens with zero attached hydrogens (tertiary/aromatic N) is 3. The lowest BCUT2D eigenvalue weighted by Crippen LogP contribution is -2.56. The zero-order valence-electron chi connectivity index (χ0n) is 20.4. The van der Waals surface area contributed by atoms with E-state index in [0.717, 1.165) is 45.0 Å². The van der Waals surface area contributed by atoms with E-state index in [1.807, 2.05) is 37.9 Å². The molecule has 0 saturated carbocycles. The summed E-state index contributed by atoms with van der Waals surface area (Å²) >= 11 is 0. The van der Waals surface area contributed by atoms with Crippen LogP contribution in [-0.2, 0) is 16.0 Å². The van der Waals surface area contributed by atoms with Gasteiger partial charge in [-0.15, -0.1) is 0 Å². The number of hydrogen-bond donors (Lipinski definition) is 0. The van der Waals surface area contributed by atoms with Gasteiger partial charge in [0.2, 0.25) is 5.91 Å². The number of anilines is 1. The van der Waals surface area contributed by atoms with Gasteiger partial charge in [0.25, 0.3) is 0 Å². The van der Waals surface area contributed by atoms with E-state index in [-0.39, 0.29) is 24.0 Å². The van der Waals surface area contributed by atoms with Gasteiger partial charge in [0.1, 0.15) is 5.75 Å². The second-order valence-electron chi connectivity index (χ2n) is 9.40. The number of rotatable bonds is 7. The average molecular weight is 452 g/mol. The van der Waals surface area contributed by atoms with Crippen LogP contribution in [-0.4, -0.2) is 75.2 Å². The minimum atomic E-state index is -0.0232.